The Bertz CT molecular complexity index is 1020. The van der Waals surface area contributed by atoms with Crippen LogP contribution in [0.15, 0.2) is 36.4 Å². The molecule has 7 nitrogen and oxygen atoms in total. The van der Waals surface area contributed by atoms with E-state index >= 15 is 0 Å². The maximum atomic E-state index is 12.9. The van der Waals surface area contributed by atoms with Gasteiger partial charge in [-0.25, -0.2) is 10.3 Å². The molecule has 2 aromatic rings. The van der Waals surface area contributed by atoms with Gasteiger partial charge in [0.15, 0.2) is 6.29 Å². The highest BCUT2D eigenvalue weighted by Gasteiger charge is 2.38. The van der Waals surface area contributed by atoms with Crippen molar-refractivity contribution in [2.75, 3.05) is 30.9 Å². The van der Waals surface area contributed by atoms with Crippen LogP contribution in [0, 0.1) is 0 Å². The molecule has 2 N–H and O–H groups in total. The van der Waals surface area contributed by atoms with Crippen molar-refractivity contribution in [1.82, 2.24) is 5.48 Å². The first-order valence-electron chi connectivity index (χ1n) is 13.4. The zero-order valence-electron chi connectivity index (χ0n) is 21.6. The molecule has 4 rings (SSSR count). The van der Waals surface area contributed by atoms with E-state index in [-0.39, 0.29) is 29.5 Å². The normalized spacial score (nSPS) is 21.9. The third-order valence-corrected chi connectivity index (χ3v) is 9.68. The fourth-order valence-corrected chi connectivity index (χ4v) is 7.49. The molecule has 1 aromatic carbocycles. The highest BCUT2D eigenvalue weighted by Crippen LogP contribution is 2.51. The Morgan fingerprint density at radius 3 is 2.84 bits per heavy atom. The van der Waals surface area contributed by atoms with Crippen LogP contribution >= 0.6 is 23.1 Å². The molecule has 0 bridgehead atoms. The van der Waals surface area contributed by atoms with E-state index < -0.39 is 0 Å². The van der Waals surface area contributed by atoms with Crippen LogP contribution < -0.4 is 10.8 Å². The minimum Gasteiger partial charge on any atom is -0.372 e. The number of carbonyl (C=O) groups excluding carboxylic acids is 2. The molecular formula is C28H38N2O5S2. The number of hydrogen-bond acceptors (Lipinski definition) is 7. The molecule has 3 heterocycles. The second kappa shape index (κ2) is 14.3. The minimum absolute atomic E-state index is 0.0613. The molecule has 202 valence electrons. The summed E-state index contributed by atoms with van der Waals surface area (Å²) < 4.78 is 10.7. The van der Waals surface area contributed by atoms with Crippen molar-refractivity contribution in [1.29, 1.82) is 0 Å². The van der Waals surface area contributed by atoms with Crippen LogP contribution in [0.5, 0.6) is 0 Å². The molecule has 1 aromatic heterocycles. The number of rotatable bonds is 12. The third kappa shape index (κ3) is 8.29. The smallest absolute Gasteiger partial charge is 0.250 e. The van der Waals surface area contributed by atoms with Crippen LogP contribution in [0.25, 0.3) is 10.4 Å². The van der Waals surface area contributed by atoms with Gasteiger partial charge < -0.3 is 14.8 Å². The van der Waals surface area contributed by atoms with Gasteiger partial charge in [0.2, 0.25) is 11.8 Å². The summed E-state index contributed by atoms with van der Waals surface area (Å²) in [6.07, 6.45) is 8.14. The van der Waals surface area contributed by atoms with E-state index in [9.17, 15) is 9.59 Å². The molecule has 0 saturated carbocycles. The van der Waals surface area contributed by atoms with Crippen molar-refractivity contribution in [3.05, 3.63) is 41.3 Å². The maximum absolute atomic E-state index is 12.9. The number of amides is 2. The number of thiophene rings is 1. The van der Waals surface area contributed by atoms with E-state index in [2.05, 4.69) is 35.9 Å². The lowest BCUT2D eigenvalue weighted by molar-refractivity contribution is -0.200. The number of anilines is 1. The lowest BCUT2D eigenvalue weighted by atomic mass is 9.94. The lowest BCUT2D eigenvalue weighted by Gasteiger charge is -2.35. The summed E-state index contributed by atoms with van der Waals surface area (Å²) in [5.41, 5.74) is 4.45. The maximum Gasteiger partial charge on any atom is 0.250 e. The summed E-state index contributed by atoms with van der Waals surface area (Å²) in [4.78, 5) is 33.0. The lowest BCUT2D eigenvalue weighted by Crippen LogP contribution is -2.37. The number of hydrogen-bond donors (Lipinski definition) is 2. The second-order valence-corrected chi connectivity index (χ2v) is 12.2. The van der Waals surface area contributed by atoms with E-state index in [0.717, 1.165) is 66.8 Å². The Hall–Kier alpha value is -1.91. The first-order chi connectivity index (χ1) is 18.1. The van der Waals surface area contributed by atoms with Crippen molar-refractivity contribution in [3.63, 3.8) is 0 Å². The summed E-state index contributed by atoms with van der Waals surface area (Å²) >= 11 is 3.60. The molecule has 2 amide bonds. The largest absolute Gasteiger partial charge is 0.372 e. The highest BCUT2D eigenvalue weighted by molar-refractivity contribution is 8.00. The van der Waals surface area contributed by atoms with Gasteiger partial charge in [-0.1, -0.05) is 31.9 Å². The van der Waals surface area contributed by atoms with Gasteiger partial charge >= 0.3 is 0 Å². The van der Waals surface area contributed by atoms with Crippen LogP contribution in [0.2, 0.25) is 0 Å². The summed E-state index contributed by atoms with van der Waals surface area (Å²) in [5.74, 6) is 0.781. The van der Waals surface area contributed by atoms with Crippen molar-refractivity contribution in [3.8, 4) is 10.4 Å². The van der Waals surface area contributed by atoms with E-state index in [1.165, 1.54) is 11.3 Å². The van der Waals surface area contributed by atoms with Crippen molar-refractivity contribution in [2.45, 2.75) is 75.7 Å². The van der Waals surface area contributed by atoms with Gasteiger partial charge in [-0.3, -0.25) is 9.59 Å². The average Bonchev–Trinajstić information content (AvgIpc) is 3.43. The summed E-state index contributed by atoms with van der Waals surface area (Å²) in [6, 6.07) is 12.2. The van der Waals surface area contributed by atoms with Crippen LogP contribution in [-0.2, 0) is 28.6 Å². The predicted molar refractivity (Wildman–Crippen MR) is 150 cm³/mol. The van der Waals surface area contributed by atoms with E-state index in [4.69, 9.17) is 14.3 Å². The number of hydroxylamine groups is 1. The molecule has 37 heavy (non-hydrogen) atoms. The zero-order valence-corrected chi connectivity index (χ0v) is 23.2. The Balaban J connectivity index is 1.40. The Labute approximate surface area is 228 Å². The van der Waals surface area contributed by atoms with Crippen LogP contribution in [0.1, 0.15) is 69.6 Å². The molecule has 2 aliphatic heterocycles. The number of carbonyl (C=O) groups is 2. The van der Waals surface area contributed by atoms with E-state index in [0.29, 0.717) is 19.6 Å². The zero-order chi connectivity index (χ0) is 25.9. The summed E-state index contributed by atoms with van der Waals surface area (Å²) in [5, 5.41) is 2.93. The first kappa shape index (κ1) is 28.1. The third-order valence-electron chi connectivity index (χ3n) is 6.60. The highest BCUT2D eigenvalue weighted by atomic mass is 32.2. The summed E-state index contributed by atoms with van der Waals surface area (Å²) in [7, 11) is 0. The summed E-state index contributed by atoms with van der Waals surface area (Å²) in [6.45, 7) is 3.43. The number of benzene rings is 1. The quantitative estimate of drug-likeness (QED) is 0.242. The van der Waals surface area contributed by atoms with Crippen molar-refractivity contribution in [2.24, 2.45) is 0 Å². The van der Waals surface area contributed by atoms with Gasteiger partial charge in [0.05, 0.1) is 4.75 Å². The van der Waals surface area contributed by atoms with Gasteiger partial charge in [-0.2, -0.15) is 0 Å². The number of ether oxygens (including phenoxy) is 2. The Morgan fingerprint density at radius 1 is 1.14 bits per heavy atom. The van der Waals surface area contributed by atoms with E-state index in [1.807, 2.05) is 30.0 Å². The molecule has 2 atom stereocenters. The predicted octanol–water partition coefficient (Wildman–Crippen LogP) is 6.25. The fourth-order valence-electron chi connectivity index (χ4n) is 4.60. The van der Waals surface area contributed by atoms with Crippen molar-refractivity contribution < 1.29 is 23.9 Å². The molecular weight excluding hydrogens is 508 g/mol. The Morgan fingerprint density at radius 2 is 2.05 bits per heavy atom. The molecule has 2 fully saturated rings. The molecule has 0 aliphatic carbocycles. The molecule has 0 radical (unpaired) electrons. The molecule has 9 heteroatoms. The number of thioether (sulfide) groups is 1. The average molecular weight is 547 g/mol. The molecule has 2 saturated heterocycles. The van der Waals surface area contributed by atoms with Gasteiger partial charge in [0.25, 0.3) is 0 Å². The van der Waals surface area contributed by atoms with Gasteiger partial charge in [-0.15, -0.1) is 23.1 Å². The SMILES string of the molecule is CCCCOCC(=O)Nc1cccc(-c2ccc([C@@]3(CC(=O)NOC4CCCCO4)CCCCS3)s2)c1. The number of nitrogens with one attached hydrogen (secondary N) is 2. The fraction of sp³-hybridized carbons (Fsp3) is 0.571. The van der Waals surface area contributed by atoms with Crippen molar-refractivity contribution >= 4 is 40.6 Å². The van der Waals surface area contributed by atoms with Gasteiger partial charge in [0, 0.05) is 41.5 Å². The Kier molecular flexibility index (Phi) is 10.9. The number of unbranched alkanes of at least 4 members (excludes halogenated alkanes) is 1. The van der Waals surface area contributed by atoms with E-state index in [1.54, 1.807) is 11.3 Å². The first-order valence-corrected chi connectivity index (χ1v) is 15.2. The minimum atomic E-state index is -0.350. The van der Waals surface area contributed by atoms with Crippen LogP contribution in [0.3, 0.4) is 0 Å². The molecule has 2 aliphatic rings. The standard InChI is InChI=1S/C28H38N2O5S2/c1-2-3-15-33-20-26(32)29-22-10-8-9-21(18-22)23-12-13-24(37-23)28(14-5-7-17-36-28)19-25(31)30-35-27-11-4-6-16-34-27/h8-10,12-13,18,27H,2-7,11,14-17,19-20H2,1H3,(H,29,32)(H,30,31)/t27?,28-/m0/s1. The van der Waals surface area contributed by atoms with Gasteiger partial charge in [-0.05, 0) is 67.7 Å². The van der Waals surface area contributed by atoms with Crippen LogP contribution in [0.4, 0.5) is 5.69 Å². The molecule has 0 spiro atoms. The topological polar surface area (TPSA) is 85.9 Å². The monoisotopic (exact) mass is 546 g/mol. The van der Waals surface area contributed by atoms with Crippen LogP contribution in [-0.4, -0.2) is 43.7 Å². The molecule has 1 unspecified atom stereocenters. The second-order valence-electron chi connectivity index (χ2n) is 9.61. The van der Waals surface area contributed by atoms with Gasteiger partial charge in [0.1, 0.15) is 6.61 Å².